The minimum atomic E-state index is -2.66. The van der Waals surface area contributed by atoms with Crippen LogP contribution in [0.4, 0.5) is 14.5 Å². The van der Waals surface area contributed by atoms with E-state index in [1.54, 1.807) is 25.3 Å². The van der Waals surface area contributed by atoms with Gasteiger partial charge in [-0.15, -0.1) is 0 Å². The lowest BCUT2D eigenvalue weighted by atomic mass is 10.2. The molecule has 2 heterocycles. The van der Waals surface area contributed by atoms with Crippen molar-refractivity contribution in [3.63, 3.8) is 0 Å². The first-order valence-electron chi connectivity index (χ1n) is 7.11. The molecule has 1 amide bonds. The van der Waals surface area contributed by atoms with Crippen LogP contribution >= 0.6 is 15.9 Å². The number of carbonyl (C=O) groups is 1. The number of aryl methyl sites for hydroxylation is 1. The largest absolute Gasteiger partial charge is 0.323 e. The van der Waals surface area contributed by atoms with Crippen LogP contribution in [-0.4, -0.2) is 20.7 Å². The van der Waals surface area contributed by atoms with Gasteiger partial charge in [-0.05, 0) is 31.2 Å². The molecule has 8 heteroatoms. The van der Waals surface area contributed by atoms with E-state index in [2.05, 4.69) is 31.3 Å². The molecule has 0 spiro atoms. The number of hydrogen-bond donors (Lipinski definition) is 1. The Bertz CT molecular complexity index is 910. The van der Waals surface area contributed by atoms with Gasteiger partial charge in [0.05, 0.1) is 11.2 Å². The van der Waals surface area contributed by atoms with Crippen molar-refractivity contribution in [1.82, 2.24) is 14.8 Å². The van der Waals surface area contributed by atoms with Crippen LogP contribution in [0, 0.1) is 6.92 Å². The average molecular weight is 395 g/mol. The second-order valence-corrected chi connectivity index (χ2v) is 6.07. The van der Waals surface area contributed by atoms with Crippen molar-refractivity contribution in [3.05, 3.63) is 52.4 Å². The number of alkyl halides is 2. The van der Waals surface area contributed by atoms with Crippen LogP contribution < -0.4 is 5.32 Å². The number of anilines is 1. The molecular formula is C16H13BrF2N4O. The number of pyridine rings is 1. The number of fused-ring (bicyclic) bond motifs is 1. The number of benzene rings is 1. The first-order chi connectivity index (χ1) is 11.5. The molecule has 0 saturated carbocycles. The predicted octanol–water partition coefficient (Wildman–Crippen LogP) is 4.08. The third-order valence-corrected chi connectivity index (χ3v) is 4.20. The number of rotatable bonds is 4. The summed E-state index contributed by atoms with van der Waals surface area (Å²) in [6.07, 6.45) is -1.02. The SMILES string of the molecule is Cc1cc(C(F)F)nn1CC(=O)Nc1ccc(Br)c2cccnc12. The third-order valence-electron chi connectivity index (χ3n) is 3.51. The monoisotopic (exact) mass is 394 g/mol. The predicted molar refractivity (Wildman–Crippen MR) is 90.0 cm³/mol. The maximum Gasteiger partial charge on any atom is 0.282 e. The molecule has 0 aliphatic carbocycles. The Labute approximate surface area is 144 Å². The zero-order chi connectivity index (χ0) is 17.3. The molecule has 0 aliphatic heterocycles. The first-order valence-corrected chi connectivity index (χ1v) is 7.90. The second kappa shape index (κ2) is 6.64. The van der Waals surface area contributed by atoms with Gasteiger partial charge in [-0.1, -0.05) is 22.0 Å². The molecule has 124 valence electrons. The van der Waals surface area contributed by atoms with E-state index in [0.29, 0.717) is 16.9 Å². The van der Waals surface area contributed by atoms with Crippen molar-refractivity contribution in [2.45, 2.75) is 19.9 Å². The summed E-state index contributed by atoms with van der Waals surface area (Å²) in [6.45, 7) is 1.48. The molecule has 0 saturated heterocycles. The molecule has 0 radical (unpaired) electrons. The summed E-state index contributed by atoms with van der Waals surface area (Å²) in [7, 11) is 0. The van der Waals surface area contributed by atoms with Gasteiger partial charge in [-0.25, -0.2) is 8.78 Å². The van der Waals surface area contributed by atoms with Crippen molar-refractivity contribution in [2.24, 2.45) is 0 Å². The summed E-state index contributed by atoms with van der Waals surface area (Å²) in [5, 5.41) is 7.37. The van der Waals surface area contributed by atoms with E-state index in [-0.39, 0.29) is 18.1 Å². The Balaban J connectivity index is 1.82. The highest BCUT2D eigenvalue weighted by atomic mass is 79.9. The third kappa shape index (κ3) is 3.28. The Hall–Kier alpha value is -2.35. The van der Waals surface area contributed by atoms with Gasteiger partial charge in [0.2, 0.25) is 5.91 Å². The molecule has 1 N–H and O–H groups in total. The highest BCUT2D eigenvalue weighted by Gasteiger charge is 2.16. The smallest absolute Gasteiger partial charge is 0.282 e. The lowest BCUT2D eigenvalue weighted by molar-refractivity contribution is -0.116. The van der Waals surface area contributed by atoms with Crippen LogP contribution in [0.5, 0.6) is 0 Å². The molecule has 1 aromatic carbocycles. The standard InChI is InChI=1S/C16H13BrF2N4O/c1-9-7-13(16(18)19)22-23(9)8-14(24)21-12-5-4-11(17)10-3-2-6-20-15(10)12/h2-7,16H,8H2,1H3,(H,21,24). The number of carbonyl (C=O) groups excluding carboxylic acids is 1. The first kappa shape index (κ1) is 16.5. The number of amides is 1. The number of hydrogen-bond acceptors (Lipinski definition) is 3. The van der Waals surface area contributed by atoms with Crippen LogP contribution in [-0.2, 0) is 11.3 Å². The lowest BCUT2D eigenvalue weighted by Crippen LogP contribution is -2.20. The quantitative estimate of drug-likeness (QED) is 0.725. The lowest BCUT2D eigenvalue weighted by Gasteiger charge is -2.10. The summed E-state index contributed by atoms with van der Waals surface area (Å²) in [5.41, 5.74) is 1.36. The van der Waals surface area contributed by atoms with E-state index >= 15 is 0 Å². The number of halogens is 3. The number of nitrogens with one attached hydrogen (secondary N) is 1. The summed E-state index contributed by atoms with van der Waals surface area (Å²) < 4.78 is 27.5. The number of nitrogens with zero attached hydrogens (tertiary/aromatic N) is 3. The maximum absolute atomic E-state index is 12.7. The van der Waals surface area contributed by atoms with Gasteiger partial charge in [0.1, 0.15) is 12.2 Å². The van der Waals surface area contributed by atoms with Crippen LogP contribution in [0.25, 0.3) is 10.9 Å². The van der Waals surface area contributed by atoms with E-state index in [9.17, 15) is 13.6 Å². The van der Waals surface area contributed by atoms with E-state index < -0.39 is 6.43 Å². The van der Waals surface area contributed by atoms with Crippen molar-refractivity contribution >= 4 is 38.4 Å². The summed E-state index contributed by atoms with van der Waals surface area (Å²) in [6, 6.07) is 8.51. The van der Waals surface area contributed by atoms with Gasteiger partial charge in [0.25, 0.3) is 6.43 Å². The second-order valence-electron chi connectivity index (χ2n) is 5.21. The van der Waals surface area contributed by atoms with Gasteiger partial charge in [0.15, 0.2) is 0 Å². The topological polar surface area (TPSA) is 59.8 Å². The van der Waals surface area contributed by atoms with Gasteiger partial charge in [-0.3, -0.25) is 14.5 Å². The van der Waals surface area contributed by atoms with Gasteiger partial charge in [0, 0.05) is 21.7 Å². The van der Waals surface area contributed by atoms with Gasteiger partial charge >= 0.3 is 0 Å². The number of aromatic nitrogens is 3. The zero-order valence-electron chi connectivity index (χ0n) is 12.6. The van der Waals surface area contributed by atoms with Crippen molar-refractivity contribution in [1.29, 1.82) is 0 Å². The molecule has 24 heavy (non-hydrogen) atoms. The van der Waals surface area contributed by atoms with E-state index in [1.807, 2.05) is 12.1 Å². The zero-order valence-corrected chi connectivity index (χ0v) is 14.2. The molecule has 5 nitrogen and oxygen atoms in total. The molecule has 0 atom stereocenters. The van der Waals surface area contributed by atoms with Crippen molar-refractivity contribution in [2.75, 3.05) is 5.32 Å². The fourth-order valence-electron chi connectivity index (χ4n) is 2.37. The van der Waals surface area contributed by atoms with E-state index in [4.69, 9.17) is 0 Å². The minimum Gasteiger partial charge on any atom is -0.323 e. The summed E-state index contributed by atoms with van der Waals surface area (Å²) >= 11 is 3.44. The minimum absolute atomic E-state index is 0.150. The van der Waals surface area contributed by atoms with Crippen molar-refractivity contribution in [3.8, 4) is 0 Å². The normalized spacial score (nSPS) is 11.2. The van der Waals surface area contributed by atoms with Crippen molar-refractivity contribution < 1.29 is 13.6 Å². The van der Waals surface area contributed by atoms with Crippen LogP contribution in [0.1, 0.15) is 17.8 Å². The Morgan fingerprint density at radius 1 is 1.38 bits per heavy atom. The van der Waals surface area contributed by atoms with E-state index in [0.717, 1.165) is 9.86 Å². The molecule has 0 unspecified atom stereocenters. The molecule has 0 bridgehead atoms. The highest BCUT2D eigenvalue weighted by molar-refractivity contribution is 9.10. The Kier molecular flexibility index (Phi) is 4.57. The fourth-order valence-corrected chi connectivity index (χ4v) is 2.82. The Morgan fingerprint density at radius 2 is 2.17 bits per heavy atom. The Morgan fingerprint density at radius 3 is 2.88 bits per heavy atom. The fraction of sp³-hybridized carbons (Fsp3) is 0.188. The molecule has 3 rings (SSSR count). The maximum atomic E-state index is 12.7. The van der Waals surface area contributed by atoms with Crippen LogP contribution in [0.2, 0.25) is 0 Å². The van der Waals surface area contributed by atoms with Gasteiger partial charge in [-0.2, -0.15) is 5.10 Å². The molecular weight excluding hydrogens is 382 g/mol. The molecule has 2 aromatic heterocycles. The van der Waals surface area contributed by atoms with Crippen LogP contribution in [0.15, 0.2) is 41.0 Å². The summed E-state index contributed by atoms with van der Waals surface area (Å²) in [5.74, 6) is -0.365. The summed E-state index contributed by atoms with van der Waals surface area (Å²) in [4.78, 5) is 16.5. The molecule has 0 aliphatic rings. The van der Waals surface area contributed by atoms with E-state index in [1.165, 1.54) is 10.7 Å². The molecule has 3 aromatic rings. The molecule has 0 fully saturated rings. The van der Waals surface area contributed by atoms with Gasteiger partial charge < -0.3 is 5.32 Å². The van der Waals surface area contributed by atoms with Crippen LogP contribution in [0.3, 0.4) is 0 Å². The average Bonchev–Trinajstić information content (AvgIpc) is 2.91. The highest BCUT2D eigenvalue weighted by Crippen LogP contribution is 2.28.